The maximum absolute atomic E-state index is 12.3. The van der Waals surface area contributed by atoms with E-state index in [1.165, 1.54) is 17.8 Å². The van der Waals surface area contributed by atoms with Gasteiger partial charge in [-0.05, 0) is 31.0 Å². The summed E-state index contributed by atoms with van der Waals surface area (Å²) in [6.07, 6.45) is 1.65. The number of hydrogen-bond donors (Lipinski definition) is 2. The maximum atomic E-state index is 12.3. The van der Waals surface area contributed by atoms with Crippen LogP contribution < -0.4 is 20.3 Å². The van der Waals surface area contributed by atoms with Crippen molar-refractivity contribution in [3.05, 3.63) is 45.9 Å². The van der Waals surface area contributed by atoms with E-state index in [0.717, 1.165) is 24.1 Å². The van der Waals surface area contributed by atoms with Gasteiger partial charge in [-0.1, -0.05) is 31.2 Å². The first-order chi connectivity index (χ1) is 12.5. The van der Waals surface area contributed by atoms with Crippen LogP contribution in [0.3, 0.4) is 0 Å². The van der Waals surface area contributed by atoms with Crippen LogP contribution >= 0.6 is 11.8 Å². The summed E-state index contributed by atoms with van der Waals surface area (Å²) in [6, 6.07) is 7.07. The topological polar surface area (TPSA) is 93.3 Å². The highest BCUT2D eigenvalue weighted by atomic mass is 32.2. The molecule has 0 unspecified atom stereocenters. The van der Waals surface area contributed by atoms with Gasteiger partial charge < -0.3 is 19.8 Å². The summed E-state index contributed by atoms with van der Waals surface area (Å²) < 4.78 is 10.6. The molecule has 3 rings (SSSR count). The number of amides is 1. The fourth-order valence-corrected chi connectivity index (χ4v) is 3.38. The van der Waals surface area contributed by atoms with Crippen LogP contribution in [0.4, 0.5) is 0 Å². The van der Waals surface area contributed by atoms with Crippen molar-refractivity contribution in [2.75, 3.05) is 6.79 Å². The van der Waals surface area contributed by atoms with Crippen LogP contribution in [-0.4, -0.2) is 27.9 Å². The number of fused-ring (bicyclic) bond motifs is 1. The quantitative estimate of drug-likeness (QED) is 0.569. The van der Waals surface area contributed by atoms with Gasteiger partial charge in [-0.15, -0.1) is 0 Å². The number of thioether (sulfide) groups is 1. The van der Waals surface area contributed by atoms with Crippen LogP contribution in [0.2, 0.25) is 0 Å². The Labute approximate surface area is 155 Å². The number of nitrogens with zero attached hydrogens (tertiary/aromatic N) is 1. The SMILES string of the molecule is CCCc1cc(=O)[nH]c(S[C@H](C)C(=O)NCc2ccc3c(c2)OCO3)n1. The van der Waals surface area contributed by atoms with E-state index in [9.17, 15) is 9.59 Å². The minimum Gasteiger partial charge on any atom is -0.454 e. The van der Waals surface area contributed by atoms with Gasteiger partial charge >= 0.3 is 0 Å². The van der Waals surface area contributed by atoms with E-state index in [4.69, 9.17) is 9.47 Å². The number of nitrogens with one attached hydrogen (secondary N) is 2. The van der Waals surface area contributed by atoms with Crippen molar-refractivity contribution in [2.24, 2.45) is 0 Å². The van der Waals surface area contributed by atoms with Crippen molar-refractivity contribution >= 4 is 17.7 Å². The molecule has 1 aliphatic rings. The molecule has 1 aromatic carbocycles. The van der Waals surface area contributed by atoms with E-state index < -0.39 is 0 Å². The second kappa shape index (κ2) is 8.27. The van der Waals surface area contributed by atoms with Crippen molar-refractivity contribution in [1.82, 2.24) is 15.3 Å². The third-order valence-corrected chi connectivity index (χ3v) is 4.82. The number of hydrogen-bond acceptors (Lipinski definition) is 6. The number of carbonyl (C=O) groups excluding carboxylic acids is 1. The summed E-state index contributed by atoms with van der Waals surface area (Å²) in [4.78, 5) is 31.1. The molecule has 138 valence electrons. The first-order valence-corrected chi connectivity index (χ1v) is 9.36. The minimum atomic E-state index is -0.385. The molecule has 26 heavy (non-hydrogen) atoms. The van der Waals surface area contributed by atoms with Crippen LogP contribution in [0.1, 0.15) is 31.5 Å². The van der Waals surface area contributed by atoms with Gasteiger partial charge in [0.2, 0.25) is 12.7 Å². The first kappa shape index (κ1) is 18.3. The van der Waals surface area contributed by atoms with Crippen molar-refractivity contribution in [1.29, 1.82) is 0 Å². The zero-order valence-corrected chi connectivity index (χ0v) is 15.5. The fourth-order valence-electron chi connectivity index (χ4n) is 2.53. The van der Waals surface area contributed by atoms with E-state index in [1.54, 1.807) is 6.92 Å². The highest BCUT2D eigenvalue weighted by molar-refractivity contribution is 8.00. The predicted molar refractivity (Wildman–Crippen MR) is 98.6 cm³/mol. The largest absolute Gasteiger partial charge is 0.454 e. The number of aromatic nitrogens is 2. The molecule has 0 fully saturated rings. The van der Waals surface area contributed by atoms with Gasteiger partial charge in [0.15, 0.2) is 16.7 Å². The lowest BCUT2D eigenvalue weighted by atomic mass is 10.2. The summed E-state index contributed by atoms with van der Waals surface area (Å²) in [5.74, 6) is 1.27. The third-order valence-electron chi connectivity index (χ3n) is 3.84. The second-order valence-electron chi connectivity index (χ2n) is 5.96. The normalized spacial score (nSPS) is 13.5. The van der Waals surface area contributed by atoms with Gasteiger partial charge in [0.05, 0.1) is 5.25 Å². The Bertz CT molecular complexity index is 853. The number of rotatable bonds is 7. The molecule has 2 aromatic rings. The lowest BCUT2D eigenvalue weighted by molar-refractivity contribution is -0.120. The van der Waals surface area contributed by atoms with E-state index in [-0.39, 0.29) is 23.5 Å². The Morgan fingerprint density at radius 2 is 2.15 bits per heavy atom. The summed E-state index contributed by atoms with van der Waals surface area (Å²) in [7, 11) is 0. The van der Waals surface area contributed by atoms with Gasteiger partial charge in [-0.25, -0.2) is 4.98 Å². The molecule has 2 heterocycles. The van der Waals surface area contributed by atoms with E-state index in [2.05, 4.69) is 15.3 Å². The average molecular weight is 375 g/mol. The Hall–Kier alpha value is -2.48. The second-order valence-corrected chi connectivity index (χ2v) is 7.29. The molecular weight excluding hydrogens is 354 g/mol. The number of ether oxygens (including phenoxy) is 2. The zero-order valence-electron chi connectivity index (χ0n) is 14.7. The highest BCUT2D eigenvalue weighted by Crippen LogP contribution is 2.32. The van der Waals surface area contributed by atoms with Gasteiger partial charge in [-0.3, -0.25) is 9.59 Å². The lowest BCUT2D eigenvalue weighted by Gasteiger charge is -2.12. The minimum absolute atomic E-state index is 0.129. The predicted octanol–water partition coefficient (Wildman–Crippen LogP) is 2.25. The average Bonchev–Trinajstić information content (AvgIpc) is 3.07. The number of benzene rings is 1. The van der Waals surface area contributed by atoms with Crippen LogP contribution in [0.15, 0.2) is 34.2 Å². The van der Waals surface area contributed by atoms with Crippen molar-refractivity contribution in [2.45, 2.75) is 43.6 Å². The highest BCUT2D eigenvalue weighted by Gasteiger charge is 2.17. The summed E-state index contributed by atoms with van der Waals surface area (Å²) in [6.45, 7) is 4.43. The molecule has 1 amide bonds. The molecule has 8 heteroatoms. The van der Waals surface area contributed by atoms with E-state index in [1.807, 2.05) is 25.1 Å². The smallest absolute Gasteiger partial charge is 0.251 e. The third kappa shape index (κ3) is 4.57. The van der Waals surface area contributed by atoms with Crippen molar-refractivity contribution in [3.63, 3.8) is 0 Å². The summed E-state index contributed by atoms with van der Waals surface area (Å²) >= 11 is 1.24. The summed E-state index contributed by atoms with van der Waals surface area (Å²) in [5.41, 5.74) is 1.47. The molecule has 0 bridgehead atoms. The molecule has 0 saturated carbocycles. The van der Waals surface area contributed by atoms with Gasteiger partial charge in [-0.2, -0.15) is 0 Å². The standard InChI is InChI=1S/C18H21N3O4S/c1-3-4-13-8-16(22)21-18(20-13)26-11(2)17(23)19-9-12-5-6-14-15(7-12)25-10-24-14/h5-8,11H,3-4,9-10H2,1-2H3,(H,19,23)(H,20,21,22)/t11-/m1/s1. The first-order valence-electron chi connectivity index (χ1n) is 8.48. The molecule has 0 radical (unpaired) electrons. The Kier molecular flexibility index (Phi) is 5.82. The van der Waals surface area contributed by atoms with E-state index in [0.29, 0.717) is 23.2 Å². The van der Waals surface area contributed by atoms with Gasteiger partial charge in [0.1, 0.15) is 0 Å². The zero-order chi connectivity index (χ0) is 18.5. The van der Waals surface area contributed by atoms with Gasteiger partial charge in [0.25, 0.3) is 5.56 Å². The number of aryl methyl sites for hydroxylation is 1. The molecule has 7 nitrogen and oxygen atoms in total. The Balaban J connectivity index is 1.57. The van der Waals surface area contributed by atoms with Crippen LogP contribution in [-0.2, 0) is 17.8 Å². The number of carbonyl (C=O) groups is 1. The molecular formula is C18H21N3O4S. The number of H-pyrrole nitrogens is 1. The Morgan fingerprint density at radius 3 is 2.96 bits per heavy atom. The van der Waals surface area contributed by atoms with Gasteiger partial charge in [0, 0.05) is 18.3 Å². The molecule has 0 spiro atoms. The van der Waals surface area contributed by atoms with Crippen molar-refractivity contribution in [3.8, 4) is 11.5 Å². The monoisotopic (exact) mass is 375 g/mol. The molecule has 1 atom stereocenters. The molecule has 1 aromatic heterocycles. The fraction of sp³-hybridized carbons (Fsp3) is 0.389. The van der Waals surface area contributed by atoms with Crippen LogP contribution in [0, 0.1) is 0 Å². The van der Waals surface area contributed by atoms with E-state index >= 15 is 0 Å². The van der Waals surface area contributed by atoms with Crippen LogP contribution in [0.5, 0.6) is 11.5 Å². The molecule has 0 aliphatic carbocycles. The molecule has 1 aliphatic heterocycles. The maximum Gasteiger partial charge on any atom is 0.251 e. The lowest BCUT2D eigenvalue weighted by Crippen LogP contribution is -2.30. The molecule has 2 N–H and O–H groups in total. The van der Waals surface area contributed by atoms with Crippen LogP contribution in [0.25, 0.3) is 0 Å². The molecule has 0 saturated heterocycles. The Morgan fingerprint density at radius 1 is 1.35 bits per heavy atom. The summed E-state index contributed by atoms with van der Waals surface area (Å²) in [5, 5.41) is 2.97. The number of aromatic amines is 1. The van der Waals surface area contributed by atoms with Crippen molar-refractivity contribution < 1.29 is 14.3 Å².